The van der Waals surface area contributed by atoms with Crippen LogP contribution < -0.4 is 14.2 Å². The van der Waals surface area contributed by atoms with Gasteiger partial charge in [0.25, 0.3) is 10.0 Å². The van der Waals surface area contributed by atoms with Crippen LogP contribution in [0.15, 0.2) is 53.6 Å². The molecule has 2 N–H and O–H groups in total. The lowest BCUT2D eigenvalue weighted by Gasteiger charge is -2.14. The van der Waals surface area contributed by atoms with E-state index in [0.29, 0.717) is 22.3 Å². The van der Waals surface area contributed by atoms with E-state index in [1.807, 2.05) is 0 Å². The lowest BCUT2D eigenvalue weighted by atomic mass is 10.2. The van der Waals surface area contributed by atoms with Gasteiger partial charge in [0.05, 0.1) is 19.9 Å². The summed E-state index contributed by atoms with van der Waals surface area (Å²) < 4.78 is 38.5. The predicted octanol–water partition coefficient (Wildman–Crippen LogP) is 2.76. The van der Waals surface area contributed by atoms with Gasteiger partial charge in [-0.05, 0) is 36.4 Å². The van der Waals surface area contributed by atoms with Crippen molar-refractivity contribution >= 4 is 26.6 Å². The third kappa shape index (κ3) is 3.16. The molecule has 0 fully saturated rings. The molecule has 130 valence electrons. The Hall–Kier alpha value is -3.00. The summed E-state index contributed by atoms with van der Waals surface area (Å²) in [7, 11) is -1.12. The van der Waals surface area contributed by atoms with E-state index < -0.39 is 10.0 Å². The zero-order valence-corrected chi connectivity index (χ0v) is 14.4. The minimum atomic E-state index is -3.96. The molecule has 1 heterocycles. The van der Waals surface area contributed by atoms with E-state index in [1.165, 1.54) is 44.7 Å². The minimum absolute atomic E-state index is 0.0301. The monoisotopic (exact) mass is 360 g/mol. The molecule has 0 unspecified atom stereocenters. The average Bonchev–Trinajstić information content (AvgIpc) is 2.63. The van der Waals surface area contributed by atoms with Crippen LogP contribution in [-0.4, -0.2) is 32.7 Å². The summed E-state index contributed by atoms with van der Waals surface area (Å²) in [5, 5.41) is 10.4. The minimum Gasteiger partial charge on any atom is -0.506 e. The number of aromatic nitrogens is 1. The van der Waals surface area contributed by atoms with E-state index in [-0.39, 0.29) is 16.4 Å². The zero-order chi connectivity index (χ0) is 18.0. The number of anilines is 1. The third-order valence-electron chi connectivity index (χ3n) is 3.65. The van der Waals surface area contributed by atoms with E-state index >= 15 is 0 Å². The number of pyridine rings is 1. The number of nitrogens with zero attached hydrogens (tertiary/aromatic N) is 1. The molecule has 0 aliphatic carbocycles. The third-order valence-corrected chi connectivity index (χ3v) is 5.04. The Kier molecular flexibility index (Phi) is 4.37. The number of rotatable bonds is 5. The van der Waals surface area contributed by atoms with Crippen LogP contribution in [0.25, 0.3) is 10.9 Å². The van der Waals surface area contributed by atoms with E-state index in [9.17, 15) is 13.5 Å². The molecule has 0 aliphatic heterocycles. The van der Waals surface area contributed by atoms with Crippen molar-refractivity contribution < 1.29 is 23.0 Å². The van der Waals surface area contributed by atoms with Crippen LogP contribution in [0.2, 0.25) is 0 Å². The highest BCUT2D eigenvalue weighted by Gasteiger charge is 2.22. The summed E-state index contributed by atoms with van der Waals surface area (Å²) in [5.41, 5.74) is 0.603. The number of aromatic hydroxyl groups is 1. The summed E-state index contributed by atoms with van der Waals surface area (Å²) in [4.78, 5) is 4.02. The average molecular weight is 360 g/mol. The molecule has 1 aromatic heterocycles. The number of phenolic OH excluding ortho intramolecular Hbond substituents is 1. The lowest BCUT2D eigenvalue weighted by molar-refractivity contribution is 0.392. The zero-order valence-electron chi connectivity index (χ0n) is 13.6. The molecule has 0 bridgehead atoms. The summed E-state index contributed by atoms with van der Waals surface area (Å²) in [5.74, 6) is 0.547. The van der Waals surface area contributed by atoms with Crippen molar-refractivity contribution in [3.8, 4) is 17.2 Å². The quantitative estimate of drug-likeness (QED) is 0.679. The molecule has 3 aromatic rings. The molecular formula is C17H16N2O5S. The lowest BCUT2D eigenvalue weighted by Crippen LogP contribution is -2.14. The molecule has 0 amide bonds. The molecule has 25 heavy (non-hydrogen) atoms. The second kappa shape index (κ2) is 6.48. The highest BCUT2D eigenvalue weighted by molar-refractivity contribution is 7.92. The van der Waals surface area contributed by atoms with Gasteiger partial charge in [-0.1, -0.05) is 0 Å². The summed E-state index contributed by atoms with van der Waals surface area (Å²) >= 11 is 0. The number of nitrogens with one attached hydrogen (secondary N) is 1. The smallest absolute Gasteiger partial charge is 0.265 e. The molecule has 0 aliphatic rings. The number of hydrogen-bond acceptors (Lipinski definition) is 6. The standard InChI is InChI=1S/C17H16N2O5S/c1-23-11-5-8-15(24-2)16(10-11)25(21,22)19-13-6-7-14(20)17-12(13)4-3-9-18-17/h3-10,19-20H,1-2H3. The van der Waals surface area contributed by atoms with Gasteiger partial charge in [0.15, 0.2) is 0 Å². The van der Waals surface area contributed by atoms with Crippen LogP contribution in [0.3, 0.4) is 0 Å². The number of phenols is 1. The van der Waals surface area contributed by atoms with Gasteiger partial charge in [-0.2, -0.15) is 0 Å². The number of fused-ring (bicyclic) bond motifs is 1. The van der Waals surface area contributed by atoms with E-state index in [2.05, 4.69) is 9.71 Å². The van der Waals surface area contributed by atoms with Crippen molar-refractivity contribution in [2.75, 3.05) is 18.9 Å². The molecule has 0 saturated carbocycles. The Morgan fingerprint density at radius 3 is 2.60 bits per heavy atom. The van der Waals surface area contributed by atoms with Crippen molar-refractivity contribution in [2.24, 2.45) is 0 Å². The van der Waals surface area contributed by atoms with Gasteiger partial charge in [-0.15, -0.1) is 0 Å². The number of sulfonamides is 1. The van der Waals surface area contributed by atoms with Crippen LogP contribution in [0.4, 0.5) is 5.69 Å². The van der Waals surface area contributed by atoms with E-state index in [1.54, 1.807) is 18.2 Å². The van der Waals surface area contributed by atoms with Gasteiger partial charge in [0.1, 0.15) is 27.7 Å². The van der Waals surface area contributed by atoms with Gasteiger partial charge in [-0.3, -0.25) is 9.71 Å². The summed E-state index contributed by atoms with van der Waals surface area (Å²) in [6, 6.07) is 10.7. The van der Waals surface area contributed by atoms with Crippen LogP contribution in [0.5, 0.6) is 17.2 Å². The molecule has 0 radical (unpaired) electrons. The fourth-order valence-corrected chi connectivity index (χ4v) is 3.71. The maximum atomic E-state index is 12.8. The van der Waals surface area contributed by atoms with Gasteiger partial charge in [0, 0.05) is 17.6 Å². The second-order valence-corrected chi connectivity index (χ2v) is 6.80. The molecule has 7 nitrogen and oxygen atoms in total. The SMILES string of the molecule is COc1ccc(OC)c(S(=O)(=O)Nc2ccc(O)c3ncccc23)c1. The van der Waals surface area contributed by atoms with Crippen molar-refractivity contribution in [1.29, 1.82) is 0 Å². The van der Waals surface area contributed by atoms with Crippen molar-refractivity contribution in [3.63, 3.8) is 0 Å². The Bertz CT molecular complexity index is 1030. The van der Waals surface area contributed by atoms with Crippen molar-refractivity contribution in [1.82, 2.24) is 4.98 Å². The number of hydrogen-bond donors (Lipinski definition) is 2. The van der Waals surface area contributed by atoms with Crippen molar-refractivity contribution in [2.45, 2.75) is 4.90 Å². The number of benzene rings is 2. The first-order chi connectivity index (χ1) is 12.0. The normalized spacial score (nSPS) is 11.3. The Morgan fingerprint density at radius 2 is 1.88 bits per heavy atom. The highest BCUT2D eigenvalue weighted by Crippen LogP contribution is 2.33. The van der Waals surface area contributed by atoms with Crippen LogP contribution in [0, 0.1) is 0 Å². The molecule has 0 saturated heterocycles. The van der Waals surface area contributed by atoms with Crippen molar-refractivity contribution in [3.05, 3.63) is 48.7 Å². The summed E-state index contributed by atoms with van der Waals surface area (Å²) in [6.45, 7) is 0. The topological polar surface area (TPSA) is 97.8 Å². The number of ether oxygens (including phenoxy) is 2. The van der Waals surface area contributed by atoms with Gasteiger partial charge >= 0.3 is 0 Å². The predicted molar refractivity (Wildman–Crippen MR) is 93.8 cm³/mol. The molecule has 3 rings (SSSR count). The second-order valence-electron chi connectivity index (χ2n) is 5.15. The molecular weight excluding hydrogens is 344 g/mol. The first kappa shape index (κ1) is 16.8. The van der Waals surface area contributed by atoms with Gasteiger partial charge in [0.2, 0.25) is 0 Å². The first-order valence-electron chi connectivity index (χ1n) is 7.28. The maximum absolute atomic E-state index is 12.8. The maximum Gasteiger partial charge on any atom is 0.265 e. The molecule has 0 atom stereocenters. The number of methoxy groups -OCH3 is 2. The van der Waals surface area contributed by atoms with Crippen LogP contribution >= 0.6 is 0 Å². The Labute approximate surface area is 144 Å². The van der Waals surface area contributed by atoms with E-state index in [0.717, 1.165) is 0 Å². The summed E-state index contributed by atoms with van der Waals surface area (Å²) in [6.07, 6.45) is 1.52. The Balaban J connectivity index is 2.11. The van der Waals surface area contributed by atoms with E-state index in [4.69, 9.17) is 9.47 Å². The van der Waals surface area contributed by atoms with Gasteiger partial charge < -0.3 is 14.6 Å². The Morgan fingerprint density at radius 1 is 1.08 bits per heavy atom. The largest absolute Gasteiger partial charge is 0.506 e. The van der Waals surface area contributed by atoms with Crippen LogP contribution in [0.1, 0.15) is 0 Å². The molecule has 8 heteroatoms. The van der Waals surface area contributed by atoms with Crippen LogP contribution in [-0.2, 0) is 10.0 Å². The first-order valence-corrected chi connectivity index (χ1v) is 8.76. The molecule has 0 spiro atoms. The van der Waals surface area contributed by atoms with Gasteiger partial charge in [-0.25, -0.2) is 8.42 Å². The fraction of sp³-hybridized carbons (Fsp3) is 0.118. The highest BCUT2D eigenvalue weighted by atomic mass is 32.2. The fourth-order valence-electron chi connectivity index (χ4n) is 2.44. The molecule has 2 aromatic carbocycles.